The number of anilines is 4. The standard InChI is InChI=1S/C18H17F2N5O2/c1-25(14-6-4-11(19)8-13(14)20)18-22-10-21-17(24-18)23-12-5-7-15(26-2)16(9-12)27-3/h4-10H,1-3H3,(H,21,22,23,24). The highest BCUT2D eigenvalue weighted by Crippen LogP contribution is 2.31. The lowest BCUT2D eigenvalue weighted by Crippen LogP contribution is -2.15. The number of ether oxygens (including phenoxy) is 2. The second-order valence-corrected chi connectivity index (χ2v) is 5.46. The Morgan fingerprint density at radius 2 is 1.74 bits per heavy atom. The Kier molecular flexibility index (Phi) is 5.30. The summed E-state index contributed by atoms with van der Waals surface area (Å²) >= 11 is 0. The second kappa shape index (κ2) is 7.81. The molecule has 0 fully saturated rings. The van der Waals surface area contributed by atoms with Crippen LogP contribution in [0.2, 0.25) is 0 Å². The highest BCUT2D eigenvalue weighted by atomic mass is 19.1. The van der Waals surface area contributed by atoms with Crippen LogP contribution in [0.15, 0.2) is 42.7 Å². The Balaban J connectivity index is 1.85. The van der Waals surface area contributed by atoms with Crippen LogP contribution in [-0.4, -0.2) is 36.2 Å². The molecule has 1 N–H and O–H groups in total. The highest BCUT2D eigenvalue weighted by molar-refractivity contribution is 5.62. The van der Waals surface area contributed by atoms with E-state index in [9.17, 15) is 8.78 Å². The number of hydrogen-bond donors (Lipinski definition) is 1. The van der Waals surface area contributed by atoms with Gasteiger partial charge in [-0.1, -0.05) is 0 Å². The summed E-state index contributed by atoms with van der Waals surface area (Å²) in [4.78, 5) is 13.8. The average Bonchev–Trinajstić information content (AvgIpc) is 2.67. The lowest BCUT2D eigenvalue weighted by Gasteiger charge is -2.18. The lowest BCUT2D eigenvalue weighted by atomic mass is 10.3. The molecule has 0 saturated carbocycles. The fourth-order valence-electron chi connectivity index (χ4n) is 2.41. The first-order valence-corrected chi connectivity index (χ1v) is 7.88. The third-order valence-corrected chi connectivity index (χ3v) is 3.77. The van der Waals surface area contributed by atoms with Crippen LogP contribution < -0.4 is 19.7 Å². The van der Waals surface area contributed by atoms with E-state index in [2.05, 4.69) is 20.3 Å². The van der Waals surface area contributed by atoms with E-state index in [0.29, 0.717) is 17.2 Å². The van der Waals surface area contributed by atoms with Crippen LogP contribution in [0.4, 0.5) is 32.1 Å². The zero-order chi connectivity index (χ0) is 19.4. The number of nitrogens with one attached hydrogen (secondary N) is 1. The second-order valence-electron chi connectivity index (χ2n) is 5.46. The van der Waals surface area contributed by atoms with Gasteiger partial charge in [0.25, 0.3) is 0 Å². The van der Waals surface area contributed by atoms with Crippen LogP contribution in [0.1, 0.15) is 0 Å². The molecule has 9 heteroatoms. The van der Waals surface area contributed by atoms with Crippen molar-refractivity contribution in [3.63, 3.8) is 0 Å². The molecule has 140 valence electrons. The Labute approximate surface area is 154 Å². The normalized spacial score (nSPS) is 10.4. The van der Waals surface area contributed by atoms with E-state index in [-0.39, 0.29) is 17.6 Å². The summed E-state index contributed by atoms with van der Waals surface area (Å²) in [5.74, 6) is 0.205. The molecule has 0 aliphatic carbocycles. The fraction of sp³-hybridized carbons (Fsp3) is 0.167. The molecule has 1 heterocycles. The number of aromatic nitrogens is 3. The molecule has 0 spiro atoms. The molecule has 3 aromatic rings. The number of methoxy groups -OCH3 is 2. The van der Waals surface area contributed by atoms with Gasteiger partial charge in [-0.25, -0.2) is 18.7 Å². The van der Waals surface area contributed by atoms with Crippen LogP contribution in [0.5, 0.6) is 11.5 Å². The molecule has 2 aromatic carbocycles. The van der Waals surface area contributed by atoms with E-state index in [1.807, 2.05) is 0 Å². The third-order valence-electron chi connectivity index (χ3n) is 3.77. The van der Waals surface area contributed by atoms with Crippen LogP contribution in [0.3, 0.4) is 0 Å². The first-order chi connectivity index (χ1) is 13.0. The van der Waals surface area contributed by atoms with Crippen LogP contribution in [0.25, 0.3) is 0 Å². The van der Waals surface area contributed by atoms with Crippen molar-refractivity contribution in [1.82, 2.24) is 15.0 Å². The van der Waals surface area contributed by atoms with Crippen molar-refractivity contribution in [2.45, 2.75) is 0 Å². The number of nitrogens with zero attached hydrogens (tertiary/aromatic N) is 4. The number of halogens is 2. The fourth-order valence-corrected chi connectivity index (χ4v) is 2.41. The minimum absolute atomic E-state index is 0.139. The zero-order valence-corrected chi connectivity index (χ0v) is 14.9. The van der Waals surface area contributed by atoms with Crippen molar-refractivity contribution in [2.75, 3.05) is 31.5 Å². The van der Waals surface area contributed by atoms with Crippen LogP contribution in [0, 0.1) is 11.6 Å². The molecule has 0 saturated heterocycles. The molecule has 0 unspecified atom stereocenters. The largest absolute Gasteiger partial charge is 0.493 e. The minimum Gasteiger partial charge on any atom is -0.493 e. The maximum atomic E-state index is 14.0. The summed E-state index contributed by atoms with van der Waals surface area (Å²) < 4.78 is 37.6. The molecule has 1 aromatic heterocycles. The van der Waals surface area contributed by atoms with Gasteiger partial charge in [-0.2, -0.15) is 4.98 Å². The van der Waals surface area contributed by atoms with E-state index in [1.54, 1.807) is 32.4 Å². The Morgan fingerprint density at radius 1 is 0.963 bits per heavy atom. The molecule has 0 aliphatic heterocycles. The Bertz CT molecular complexity index is 955. The summed E-state index contributed by atoms with van der Waals surface area (Å²) in [6.07, 6.45) is 1.29. The molecule has 27 heavy (non-hydrogen) atoms. The predicted octanol–water partition coefficient (Wildman–Crippen LogP) is 3.68. The van der Waals surface area contributed by atoms with Crippen molar-refractivity contribution in [2.24, 2.45) is 0 Å². The summed E-state index contributed by atoms with van der Waals surface area (Å²) in [6, 6.07) is 8.52. The van der Waals surface area contributed by atoms with Gasteiger partial charge in [-0.05, 0) is 24.3 Å². The molecule has 0 amide bonds. The summed E-state index contributed by atoms with van der Waals surface area (Å²) in [6.45, 7) is 0. The van der Waals surface area contributed by atoms with Gasteiger partial charge in [0.05, 0.1) is 19.9 Å². The lowest BCUT2D eigenvalue weighted by molar-refractivity contribution is 0.355. The van der Waals surface area contributed by atoms with Gasteiger partial charge >= 0.3 is 0 Å². The zero-order valence-electron chi connectivity index (χ0n) is 14.9. The molecular formula is C18H17F2N5O2. The van der Waals surface area contributed by atoms with E-state index in [4.69, 9.17) is 9.47 Å². The quantitative estimate of drug-likeness (QED) is 0.707. The van der Waals surface area contributed by atoms with Gasteiger partial charge in [0.1, 0.15) is 18.0 Å². The van der Waals surface area contributed by atoms with Gasteiger partial charge < -0.3 is 19.7 Å². The van der Waals surface area contributed by atoms with Crippen molar-refractivity contribution >= 4 is 23.3 Å². The molecular weight excluding hydrogens is 356 g/mol. The minimum atomic E-state index is -0.715. The SMILES string of the molecule is COc1ccc(Nc2ncnc(N(C)c3ccc(F)cc3F)n2)cc1OC. The van der Waals surface area contributed by atoms with E-state index in [0.717, 1.165) is 6.07 Å². The molecule has 0 bridgehead atoms. The predicted molar refractivity (Wildman–Crippen MR) is 97.1 cm³/mol. The van der Waals surface area contributed by atoms with Gasteiger partial charge in [0.2, 0.25) is 11.9 Å². The third kappa shape index (κ3) is 4.02. The van der Waals surface area contributed by atoms with Crippen LogP contribution >= 0.6 is 0 Å². The maximum Gasteiger partial charge on any atom is 0.234 e. The van der Waals surface area contributed by atoms with Crippen molar-refractivity contribution in [3.8, 4) is 11.5 Å². The van der Waals surface area contributed by atoms with Crippen LogP contribution in [-0.2, 0) is 0 Å². The van der Waals surface area contributed by atoms with Crippen molar-refractivity contribution in [1.29, 1.82) is 0 Å². The summed E-state index contributed by atoms with van der Waals surface area (Å²) in [5, 5.41) is 3.02. The van der Waals surface area contributed by atoms with E-state index < -0.39 is 11.6 Å². The molecule has 3 rings (SSSR count). The van der Waals surface area contributed by atoms with Crippen molar-refractivity contribution in [3.05, 3.63) is 54.4 Å². The molecule has 0 atom stereocenters. The van der Waals surface area contributed by atoms with E-state index in [1.165, 1.54) is 30.5 Å². The summed E-state index contributed by atoms with van der Waals surface area (Å²) in [7, 11) is 4.66. The average molecular weight is 373 g/mol. The van der Waals surface area contributed by atoms with E-state index >= 15 is 0 Å². The maximum absolute atomic E-state index is 14.0. The van der Waals surface area contributed by atoms with Gasteiger partial charge in [0.15, 0.2) is 11.5 Å². The van der Waals surface area contributed by atoms with Crippen molar-refractivity contribution < 1.29 is 18.3 Å². The highest BCUT2D eigenvalue weighted by Gasteiger charge is 2.14. The number of rotatable bonds is 6. The summed E-state index contributed by atoms with van der Waals surface area (Å²) in [5.41, 5.74) is 0.806. The first kappa shape index (κ1) is 18.3. The Morgan fingerprint density at radius 3 is 2.44 bits per heavy atom. The van der Waals surface area contributed by atoms with Gasteiger partial charge in [-0.15, -0.1) is 0 Å². The molecule has 7 nitrogen and oxygen atoms in total. The number of hydrogen-bond acceptors (Lipinski definition) is 7. The first-order valence-electron chi connectivity index (χ1n) is 7.88. The molecule has 0 aliphatic rings. The topological polar surface area (TPSA) is 72.4 Å². The Hall–Kier alpha value is -3.49. The van der Waals surface area contributed by atoms with Gasteiger partial charge in [-0.3, -0.25) is 0 Å². The molecule has 0 radical (unpaired) electrons. The number of benzene rings is 2. The smallest absolute Gasteiger partial charge is 0.234 e. The monoisotopic (exact) mass is 373 g/mol. The van der Waals surface area contributed by atoms with Gasteiger partial charge in [0, 0.05) is 24.9 Å².